The molecule has 0 amide bonds. The van der Waals surface area contributed by atoms with Crippen LogP contribution in [0.4, 0.5) is 13.2 Å². The third-order valence-electron chi connectivity index (χ3n) is 6.68. The van der Waals surface area contributed by atoms with Gasteiger partial charge in [-0.15, -0.1) is 10.2 Å². The molecule has 1 atom stereocenters. The summed E-state index contributed by atoms with van der Waals surface area (Å²) in [5, 5.41) is 29.1. The summed E-state index contributed by atoms with van der Waals surface area (Å²) in [7, 11) is 0. The van der Waals surface area contributed by atoms with E-state index >= 15 is 0 Å². The van der Waals surface area contributed by atoms with Crippen LogP contribution in [0.15, 0.2) is 53.3 Å². The molecule has 2 heterocycles. The number of nitrogens with zero attached hydrogens (tertiary/aromatic N) is 6. The van der Waals surface area contributed by atoms with Crippen molar-refractivity contribution in [3.05, 3.63) is 80.7 Å². The Morgan fingerprint density at radius 3 is 2.39 bits per heavy atom. The molecule has 0 radical (unpaired) electrons. The number of benzene rings is 2. The van der Waals surface area contributed by atoms with E-state index in [0.29, 0.717) is 28.1 Å². The number of para-hydroxylation sites is 1. The van der Waals surface area contributed by atoms with E-state index in [2.05, 4.69) is 15.2 Å². The zero-order chi connectivity index (χ0) is 29.5. The molecule has 5 rings (SSSR count). The molecule has 1 aliphatic rings. The molecular formula is C26H23Cl2F3N6O4. The Hall–Kier alpha value is -3.52. The SMILES string of the molecule is O=C(CCC1(O)CC1)c1nc(Cn2nc(-c3ccc(Cl)cc3)n(C[C@H](O)C(F)(F)F)c2=O)nn1-c1ccccc1Cl. The highest BCUT2D eigenvalue weighted by atomic mass is 35.5. The summed E-state index contributed by atoms with van der Waals surface area (Å²) in [5.41, 5.74) is -1.21. The first-order valence-electron chi connectivity index (χ1n) is 12.5. The van der Waals surface area contributed by atoms with E-state index in [1.165, 1.54) is 28.9 Å². The van der Waals surface area contributed by atoms with Crippen LogP contribution < -0.4 is 5.69 Å². The first kappa shape index (κ1) is 29.0. The maximum atomic E-state index is 13.2. The number of hydrogen-bond donors (Lipinski definition) is 2. The van der Waals surface area contributed by atoms with Gasteiger partial charge in [0, 0.05) is 17.0 Å². The van der Waals surface area contributed by atoms with E-state index in [4.69, 9.17) is 23.2 Å². The summed E-state index contributed by atoms with van der Waals surface area (Å²) in [6, 6.07) is 12.5. The summed E-state index contributed by atoms with van der Waals surface area (Å²) < 4.78 is 42.3. The van der Waals surface area contributed by atoms with Crippen LogP contribution in [0, 0.1) is 0 Å². The molecule has 2 aromatic heterocycles. The number of rotatable bonds is 10. The van der Waals surface area contributed by atoms with Crippen molar-refractivity contribution >= 4 is 29.0 Å². The number of aliphatic hydroxyl groups excluding tert-OH is 1. The zero-order valence-electron chi connectivity index (χ0n) is 21.2. The molecule has 1 aliphatic carbocycles. The number of aliphatic hydroxyl groups is 2. The molecule has 0 spiro atoms. The molecule has 2 aromatic carbocycles. The molecule has 41 heavy (non-hydrogen) atoms. The van der Waals surface area contributed by atoms with Crippen molar-refractivity contribution in [2.75, 3.05) is 0 Å². The Morgan fingerprint density at radius 1 is 1.07 bits per heavy atom. The molecule has 0 bridgehead atoms. The van der Waals surface area contributed by atoms with Crippen LogP contribution in [0.25, 0.3) is 17.1 Å². The standard InChI is InChI=1S/C26H23Cl2F3N6O4/c27-16-7-5-15(6-8-16)22-34-36(24(40)35(22)13-20(39)26(29,30)31)14-21-32-23(19(38)9-10-25(41)11-12-25)37(33-21)18-4-2-1-3-17(18)28/h1-8,20,39,41H,9-14H2/t20-/m0/s1. The van der Waals surface area contributed by atoms with Crippen molar-refractivity contribution in [2.45, 2.75) is 56.7 Å². The number of ketones is 1. The Kier molecular flexibility index (Phi) is 7.81. The van der Waals surface area contributed by atoms with E-state index in [0.717, 1.165) is 4.68 Å². The van der Waals surface area contributed by atoms with Crippen LogP contribution in [0.5, 0.6) is 0 Å². The monoisotopic (exact) mass is 610 g/mol. The fourth-order valence-corrected chi connectivity index (χ4v) is 4.52. The predicted molar refractivity (Wildman–Crippen MR) is 142 cm³/mol. The molecule has 0 aliphatic heterocycles. The molecule has 4 aromatic rings. The largest absolute Gasteiger partial charge is 0.416 e. The lowest BCUT2D eigenvalue weighted by Gasteiger charge is -2.15. The lowest BCUT2D eigenvalue weighted by molar-refractivity contribution is -0.207. The third-order valence-corrected chi connectivity index (χ3v) is 7.25. The summed E-state index contributed by atoms with van der Waals surface area (Å²) in [6.07, 6.45) is -6.36. The smallest absolute Gasteiger partial charge is 0.390 e. The molecule has 216 valence electrons. The predicted octanol–water partition coefficient (Wildman–Crippen LogP) is 4.06. The minimum Gasteiger partial charge on any atom is -0.390 e. The number of halogens is 5. The highest BCUT2D eigenvalue weighted by Gasteiger charge is 2.41. The number of carbonyl (C=O) groups is 1. The van der Waals surface area contributed by atoms with Gasteiger partial charge in [-0.1, -0.05) is 35.3 Å². The van der Waals surface area contributed by atoms with E-state index in [-0.39, 0.29) is 40.9 Å². The van der Waals surface area contributed by atoms with E-state index < -0.39 is 42.4 Å². The first-order chi connectivity index (χ1) is 19.3. The number of Topliss-reactive ketones (excluding diaryl/α,β-unsaturated/α-hetero) is 1. The molecule has 0 saturated heterocycles. The van der Waals surface area contributed by atoms with Crippen molar-refractivity contribution in [3.8, 4) is 17.1 Å². The van der Waals surface area contributed by atoms with Crippen molar-refractivity contribution < 1.29 is 28.2 Å². The topological polar surface area (TPSA) is 128 Å². The lowest BCUT2D eigenvalue weighted by atomic mass is 10.1. The Morgan fingerprint density at radius 2 is 1.76 bits per heavy atom. The van der Waals surface area contributed by atoms with Gasteiger partial charge in [0.1, 0.15) is 6.54 Å². The van der Waals surface area contributed by atoms with Gasteiger partial charge in [0.2, 0.25) is 0 Å². The van der Waals surface area contributed by atoms with Gasteiger partial charge in [-0.3, -0.25) is 9.36 Å². The van der Waals surface area contributed by atoms with Crippen LogP contribution in [0.1, 0.15) is 42.1 Å². The van der Waals surface area contributed by atoms with Crippen LogP contribution >= 0.6 is 23.2 Å². The second kappa shape index (κ2) is 11.0. The summed E-state index contributed by atoms with van der Waals surface area (Å²) >= 11 is 12.3. The van der Waals surface area contributed by atoms with Crippen molar-refractivity contribution in [3.63, 3.8) is 0 Å². The van der Waals surface area contributed by atoms with Crippen LogP contribution in [-0.4, -0.2) is 63.0 Å². The van der Waals surface area contributed by atoms with Gasteiger partial charge >= 0.3 is 11.9 Å². The van der Waals surface area contributed by atoms with Crippen LogP contribution in [0.3, 0.4) is 0 Å². The minimum absolute atomic E-state index is 0.0102. The van der Waals surface area contributed by atoms with Gasteiger partial charge in [-0.2, -0.15) is 13.2 Å². The van der Waals surface area contributed by atoms with Crippen molar-refractivity contribution in [2.24, 2.45) is 0 Å². The fourth-order valence-electron chi connectivity index (χ4n) is 4.18. The van der Waals surface area contributed by atoms with Crippen molar-refractivity contribution in [1.29, 1.82) is 0 Å². The van der Waals surface area contributed by atoms with E-state index in [1.54, 1.807) is 24.3 Å². The van der Waals surface area contributed by atoms with Crippen molar-refractivity contribution in [1.82, 2.24) is 29.1 Å². The van der Waals surface area contributed by atoms with Crippen LogP contribution in [-0.2, 0) is 13.1 Å². The minimum atomic E-state index is -4.98. The highest BCUT2D eigenvalue weighted by Crippen LogP contribution is 2.39. The van der Waals surface area contributed by atoms with Gasteiger partial charge in [-0.25, -0.2) is 19.1 Å². The Bertz CT molecular complexity index is 1640. The van der Waals surface area contributed by atoms with E-state index in [1.807, 2.05) is 0 Å². The third kappa shape index (κ3) is 6.38. The molecule has 1 saturated carbocycles. The average molecular weight is 611 g/mol. The molecule has 1 fully saturated rings. The quantitative estimate of drug-likeness (QED) is 0.259. The fraction of sp³-hybridized carbons (Fsp3) is 0.346. The van der Waals surface area contributed by atoms with Crippen LogP contribution in [0.2, 0.25) is 10.0 Å². The zero-order valence-corrected chi connectivity index (χ0v) is 22.7. The van der Waals surface area contributed by atoms with E-state index in [9.17, 15) is 33.0 Å². The van der Waals surface area contributed by atoms with Gasteiger partial charge < -0.3 is 10.2 Å². The average Bonchev–Trinajstić information content (AvgIpc) is 3.39. The molecule has 0 unspecified atom stereocenters. The van der Waals surface area contributed by atoms with Gasteiger partial charge in [0.15, 0.2) is 29.4 Å². The number of hydrogen-bond acceptors (Lipinski definition) is 7. The molecular weight excluding hydrogens is 588 g/mol. The number of alkyl halides is 3. The number of aromatic nitrogens is 6. The van der Waals surface area contributed by atoms with Gasteiger partial charge in [0.05, 0.1) is 22.9 Å². The highest BCUT2D eigenvalue weighted by molar-refractivity contribution is 6.32. The first-order valence-corrected chi connectivity index (χ1v) is 13.2. The molecule has 15 heteroatoms. The maximum absolute atomic E-state index is 13.2. The van der Waals surface area contributed by atoms with Gasteiger partial charge in [0.25, 0.3) is 0 Å². The molecule has 2 N–H and O–H groups in total. The Balaban J connectivity index is 1.53. The molecule has 10 nitrogen and oxygen atoms in total. The lowest BCUT2D eigenvalue weighted by Crippen LogP contribution is -2.37. The van der Waals surface area contributed by atoms with Gasteiger partial charge in [-0.05, 0) is 55.7 Å². The summed E-state index contributed by atoms with van der Waals surface area (Å²) in [4.78, 5) is 30.7. The maximum Gasteiger partial charge on any atom is 0.416 e. The summed E-state index contributed by atoms with van der Waals surface area (Å²) in [6.45, 7) is -1.51. The number of carbonyl (C=O) groups excluding carboxylic acids is 1. The second-order valence-electron chi connectivity index (χ2n) is 9.80. The summed E-state index contributed by atoms with van der Waals surface area (Å²) in [5.74, 6) is -0.689. The second-order valence-corrected chi connectivity index (χ2v) is 10.6. The Labute approximate surface area is 240 Å². The normalized spacial score (nSPS) is 15.2.